The number of pyridine rings is 2. The summed E-state index contributed by atoms with van der Waals surface area (Å²) in [6.07, 6.45) is 3.72. The molecular formula is C56H62Cl2N6O12. The molecule has 0 aliphatic heterocycles. The van der Waals surface area contributed by atoms with Gasteiger partial charge in [0.25, 0.3) is 0 Å². The summed E-state index contributed by atoms with van der Waals surface area (Å²) < 4.78 is 25.4. The van der Waals surface area contributed by atoms with Crippen molar-refractivity contribution in [2.45, 2.75) is 77.7 Å². The van der Waals surface area contributed by atoms with Gasteiger partial charge < -0.3 is 59.8 Å². The van der Waals surface area contributed by atoms with E-state index in [0.29, 0.717) is 56.4 Å². The van der Waals surface area contributed by atoms with Crippen LogP contribution in [-0.4, -0.2) is 138 Å². The van der Waals surface area contributed by atoms with Gasteiger partial charge in [0, 0.05) is 85.4 Å². The molecule has 402 valence electrons. The molecule has 4 aromatic carbocycles. The fourth-order valence-corrected chi connectivity index (χ4v) is 8.88. The van der Waals surface area contributed by atoms with Crippen molar-refractivity contribution in [1.82, 2.24) is 19.8 Å². The third-order valence-electron chi connectivity index (χ3n) is 12.7. The van der Waals surface area contributed by atoms with E-state index in [9.17, 15) is 51.4 Å². The molecular weight excluding hydrogens is 1020 g/mol. The fraction of sp³-hybridized carbons (Fsp3) is 0.357. The minimum Gasteiger partial charge on any atom is -0.488 e. The smallest absolute Gasteiger partial charge is 0.142 e. The minimum atomic E-state index is -1.16. The van der Waals surface area contributed by atoms with Crippen molar-refractivity contribution < 1.29 is 59.8 Å². The summed E-state index contributed by atoms with van der Waals surface area (Å²) >= 11 is 13.8. The van der Waals surface area contributed by atoms with Crippen LogP contribution in [0.2, 0.25) is 10.0 Å². The number of nitriles is 2. The lowest BCUT2D eigenvalue weighted by atomic mass is 9.92. The van der Waals surface area contributed by atoms with Crippen molar-refractivity contribution >= 4 is 23.2 Å². The lowest BCUT2D eigenvalue weighted by Gasteiger charge is -2.31. The molecule has 0 bridgehead atoms. The maximum Gasteiger partial charge on any atom is 0.142 e. The van der Waals surface area contributed by atoms with Gasteiger partial charge in [-0.25, -0.2) is 0 Å². The van der Waals surface area contributed by atoms with Gasteiger partial charge in [-0.05, 0) is 71.5 Å². The molecule has 0 aliphatic rings. The van der Waals surface area contributed by atoms with Crippen LogP contribution in [0.15, 0.2) is 97.6 Å². The van der Waals surface area contributed by atoms with Crippen LogP contribution < -0.4 is 18.9 Å². The number of aromatic nitrogens is 2. The Balaban J connectivity index is 1.25. The van der Waals surface area contributed by atoms with E-state index in [1.54, 1.807) is 58.6 Å². The molecule has 2 aromatic heterocycles. The van der Waals surface area contributed by atoms with Gasteiger partial charge in [0.15, 0.2) is 0 Å². The van der Waals surface area contributed by atoms with Gasteiger partial charge in [0.2, 0.25) is 0 Å². The van der Waals surface area contributed by atoms with E-state index < -0.39 is 63.9 Å². The molecule has 0 amide bonds. The molecule has 20 heteroatoms. The van der Waals surface area contributed by atoms with Crippen LogP contribution in [0.3, 0.4) is 0 Å². The van der Waals surface area contributed by atoms with Crippen molar-refractivity contribution in [2.24, 2.45) is 0 Å². The second-order valence-electron chi connectivity index (χ2n) is 18.1. The summed E-state index contributed by atoms with van der Waals surface area (Å²) in [4.78, 5) is 11.5. The number of ether oxygens (including phenoxy) is 4. The van der Waals surface area contributed by atoms with Gasteiger partial charge >= 0.3 is 0 Å². The molecule has 0 spiro atoms. The average molecular weight is 1080 g/mol. The molecule has 0 radical (unpaired) electrons. The Labute approximate surface area is 451 Å². The third kappa shape index (κ3) is 15.8. The molecule has 2 atom stereocenters. The number of hydrogen-bond donors (Lipinski definition) is 8. The normalized spacial score (nSPS) is 12.2. The fourth-order valence-electron chi connectivity index (χ4n) is 8.40. The Morgan fingerprint density at radius 3 is 1.24 bits per heavy atom. The minimum absolute atomic E-state index is 0.0216. The maximum atomic E-state index is 10.3. The third-order valence-corrected chi connectivity index (χ3v) is 13.3. The Bertz CT molecular complexity index is 2750. The van der Waals surface area contributed by atoms with Gasteiger partial charge in [-0.1, -0.05) is 59.6 Å². The lowest BCUT2D eigenvalue weighted by molar-refractivity contribution is 0.0107. The molecule has 18 nitrogen and oxygen atoms in total. The molecule has 1 unspecified atom stereocenters. The van der Waals surface area contributed by atoms with Crippen molar-refractivity contribution in [2.75, 3.05) is 52.7 Å². The second kappa shape index (κ2) is 29.2. The Hall–Kier alpha value is -6.46. The summed E-state index contributed by atoms with van der Waals surface area (Å²) in [7, 11) is 0. The lowest BCUT2D eigenvalue weighted by Crippen LogP contribution is -2.45. The molecule has 0 saturated heterocycles. The van der Waals surface area contributed by atoms with Gasteiger partial charge in [0.1, 0.15) is 61.6 Å². The summed E-state index contributed by atoms with van der Waals surface area (Å²) in [6, 6.07) is 24.3. The zero-order valence-electron chi connectivity index (χ0n) is 42.1. The molecule has 0 saturated carbocycles. The first-order valence-corrected chi connectivity index (χ1v) is 25.0. The van der Waals surface area contributed by atoms with Crippen LogP contribution in [0.25, 0.3) is 11.1 Å². The summed E-state index contributed by atoms with van der Waals surface area (Å²) in [6.45, 7) is 1.47. The predicted molar refractivity (Wildman–Crippen MR) is 282 cm³/mol. The zero-order valence-corrected chi connectivity index (χ0v) is 43.6. The largest absolute Gasteiger partial charge is 0.488 e. The average Bonchev–Trinajstić information content (AvgIpc) is 3.43. The molecule has 76 heavy (non-hydrogen) atoms. The van der Waals surface area contributed by atoms with Crippen LogP contribution >= 0.6 is 23.2 Å². The summed E-state index contributed by atoms with van der Waals surface area (Å²) in [5, 5.41) is 99.5. The Morgan fingerprint density at radius 2 is 0.882 bits per heavy atom. The molecule has 6 aromatic rings. The van der Waals surface area contributed by atoms with E-state index in [-0.39, 0.29) is 62.7 Å². The Kier molecular flexibility index (Phi) is 22.6. The van der Waals surface area contributed by atoms with E-state index in [1.807, 2.05) is 50.2 Å². The number of rotatable bonds is 29. The van der Waals surface area contributed by atoms with Crippen LogP contribution in [0.4, 0.5) is 0 Å². The van der Waals surface area contributed by atoms with E-state index in [1.165, 1.54) is 12.4 Å². The van der Waals surface area contributed by atoms with Gasteiger partial charge in [0.05, 0.1) is 85.1 Å². The Morgan fingerprint density at radius 1 is 0.500 bits per heavy atom. The number of halogens is 2. The predicted octanol–water partition coefficient (Wildman–Crippen LogP) is 5.14. The molecule has 2 heterocycles. The van der Waals surface area contributed by atoms with Crippen LogP contribution in [0.1, 0.15) is 55.6 Å². The second-order valence-corrected chi connectivity index (χ2v) is 18.9. The van der Waals surface area contributed by atoms with Crippen LogP contribution in [-0.2, 0) is 39.5 Å². The van der Waals surface area contributed by atoms with Crippen molar-refractivity contribution in [3.63, 3.8) is 0 Å². The summed E-state index contributed by atoms with van der Waals surface area (Å²) in [5.74, 6) is 1.29. The van der Waals surface area contributed by atoms with Crippen molar-refractivity contribution in [3.8, 4) is 46.3 Å². The molecule has 0 aliphatic carbocycles. The van der Waals surface area contributed by atoms with Gasteiger partial charge in [-0.2, -0.15) is 10.5 Å². The number of benzene rings is 4. The maximum absolute atomic E-state index is 10.3. The highest BCUT2D eigenvalue weighted by Gasteiger charge is 2.26. The monoisotopic (exact) mass is 1080 g/mol. The van der Waals surface area contributed by atoms with E-state index in [0.717, 1.165) is 33.4 Å². The standard InChI is InChI=1S/C56H62Cl2N6O12/c1-35-41(33-75-55-13-53(73-31-39-9-37(15-59)17-61-19-39)43(11-51(55)57)21-63(23-47(71)29-69)45(25-65)26-66)5-3-7-49(35)50-8-4-6-42(36(50)2)34-76-56-14-54(74-32-40-10-38(16-60)18-62-20-40)44(12-52(56)58)22-64(24-48(72)30-70)46(27-67)28-68/h3-14,17-20,45-48,65-72H,21-34H2,1-2H3/t47-,48?/m0/s1. The molecule has 8 N–H and O–H groups in total. The number of aliphatic hydroxyl groups excluding tert-OH is 8. The SMILES string of the molecule is Cc1c(COc2cc(OCc3cncc(C#N)c3)c(CN(CC(O)CO)C(CO)CO)cc2Cl)cccc1-c1cccc(COc2cc(OCc3cncc(C#N)c3)c(CN(C[C@H](O)CO)C(CO)CO)cc2Cl)c1C. The first-order valence-electron chi connectivity index (χ1n) is 24.3. The summed E-state index contributed by atoms with van der Waals surface area (Å²) in [5.41, 5.74) is 8.53. The van der Waals surface area contributed by atoms with E-state index >= 15 is 0 Å². The number of hydrogen-bond acceptors (Lipinski definition) is 18. The first-order chi connectivity index (χ1) is 36.8. The van der Waals surface area contributed by atoms with Gasteiger partial charge in [-0.3, -0.25) is 19.8 Å². The highest BCUT2D eigenvalue weighted by molar-refractivity contribution is 6.32. The number of nitrogens with zero attached hydrogens (tertiary/aromatic N) is 6. The highest BCUT2D eigenvalue weighted by atomic mass is 35.5. The van der Waals surface area contributed by atoms with Crippen LogP contribution in [0.5, 0.6) is 23.0 Å². The van der Waals surface area contributed by atoms with Crippen molar-refractivity contribution in [3.05, 3.63) is 163 Å². The van der Waals surface area contributed by atoms with Gasteiger partial charge in [-0.15, -0.1) is 0 Å². The van der Waals surface area contributed by atoms with Crippen LogP contribution in [0, 0.1) is 36.5 Å². The molecule has 6 rings (SSSR count). The van der Waals surface area contributed by atoms with Crippen molar-refractivity contribution in [1.29, 1.82) is 10.5 Å². The number of aliphatic hydroxyl groups is 8. The van der Waals surface area contributed by atoms with E-state index in [2.05, 4.69) is 22.1 Å². The first kappa shape index (κ1) is 58.8. The molecule has 0 fully saturated rings. The highest BCUT2D eigenvalue weighted by Crippen LogP contribution is 2.38. The topological polar surface area (TPSA) is 279 Å². The zero-order chi connectivity index (χ0) is 54.7. The van der Waals surface area contributed by atoms with E-state index in [4.69, 9.17) is 42.1 Å². The quantitative estimate of drug-likeness (QED) is 0.0302.